The Kier molecular flexibility index (Phi) is 7.72. The second-order valence-electron chi connectivity index (χ2n) is 9.65. The molecule has 0 spiro atoms. The Labute approximate surface area is 222 Å². The molecule has 0 saturated carbocycles. The lowest BCUT2D eigenvalue weighted by Gasteiger charge is -2.38. The van der Waals surface area contributed by atoms with Crippen LogP contribution in [0, 0.1) is 5.82 Å². The standard InChI is InChI=1S/C29H31ClFN5O/c1-21(35-14-16-36(17-15-35)27-9-5-24(30)6-10-27)23-4-11-28(32-18-23)29(37)33-26-12-13-34(20-26)19-22-2-7-25(31)8-3-22/h2-11,18,26H,1,12-17,19-20H2,(H,33,37)/t26-/m0/s1. The van der Waals surface area contributed by atoms with E-state index in [2.05, 4.69) is 43.7 Å². The van der Waals surface area contributed by atoms with Gasteiger partial charge >= 0.3 is 0 Å². The molecule has 3 aromatic rings. The van der Waals surface area contributed by atoms with Crippen LogP contribution < -0.4 is 10.2 Å². The van der Waals surface area contributed by atoms with Gasteiger partial charge in [-0.05, 0) is 60.5 Å². The van der Waals surface area contributed by atoms with Gasteiger partial charge in [0.1, 0.15) is 11.5 Å². The number of halogens is 2. The molecule has 1 aromatic heterocycles. The minimum atomic E-state index is -0.228. The van der Waals surface area contributed by atoms with E-state index in [4.69, 9.17) is 11.6 Å². The van der Waals surface area contributed by atoms with Gasteiger partial charge in [0.2, 0.25) is 0 Å². The smallest absolute Gasteiger partial charge is 0.270 e. The lowest BCUT2D eigenvalue weighted by molar-refractivity contribution is 0.0932. The molecule has 0 aliphatic carbocycles. The van der Waals surface area contributed by atoms with Crippen molar-refractivity contribution in [1.82, 2.24) is 20.1 Å². The number of anilines is 1. The maximum Gasteiger partial charge on any atom is 0.270 e. The van der Waals surface area contributed by atoms with Gasteiger partial charge in [-0.3, -0.25) is 14.7 Å². The average molecular weight is 520 g/mol. The van der Waals surface area contributed by atoms with Gasteiger partial charge in [0.15, 0.2) is 0 Å². The summed E-state index contributed by atoms with van der Waals surface area (Å²) in [4.78, 5) is 24.1. The lowest BCUT2D eigenvalue weighted by atomic mass is 10.1. The van der Waals surface area contributed by atoms with Gasteiger partial charge < -0.3 is 15.1 Å². The zero-order valence-electron chi connectivity index (χ0n) is 20.7. The highest BCUT2D eigenvalue weighted by Gasteiger charge is 2.25. The number of hydrogen-bond donors (Lipinski definition) is 1. The Balaban J connectivity index is 1.10. The molecule has 2 aromatic carbocycles. The fourth-order valence-corrected chi connectivity index (χ4v) is 5.10. The molecule has 6 nitrogen and oxygen atoms in total. The van der Waals surface area contributed by atoms with Gasteiger partial charge in [0.25, 0.3) is 5.91 Å². The molecule has 8 heteroatoms. The summed E-state index contributed by atoms with van der Waals surface area (Å²) in [6, 6.07) is 18.3. The minimum absolute atomic E-state index is 0.0707. The van der Waals surface area contributed by atoms with Crippen LogP contribution >= 0.6 is 11.6 Å². The predicted molar refractivity (Wildman–Crippen MR) is 146 cm³/mol. The van der Waals surface area contributed by atoms with E-state index in [-0.39, 0.29) is 17.8 Å². The molecule has 37 heavy (non-hydrogen) atoms. The third-order valence-corrected chi connectivity index (χ3v) is 7.36. The second-order valence-corrected chi connectivity index (χ2v) is 10.1. The average Bonchev–Trinajstić information content (AvgIpc) is 3.36. The van der Waals surface area contributed by atoms with Crippen LogP contribution in [0.5, 0.6) is 0 Å². The molecule has 0 bridgehead atoms. The number of carbonyl (C=O) groups is 1. The van der Waals surface area contributed by atoms with Crippen LogP contribution in [-0.4, -0.2) is 66.0 Å². The molecule has 0 radical (unpaired) electrons. The molecule has 192 valence electrons. The van der Waals surface area contributed by atoms with Crippen LogP contribution in [0.4, 0.5) is 10.1 Å². The molecule has 5 rings (SSSR count). The van der Waals surface area contributed by atoms with Crippen molar-refractivity contribution in [2.45, 2.75) is 19.0 Å². The SMILES string of the molecule is C=C(c1ccc(C(=O)N[C@H]2CCN(Cc3ccc(F)cc3)C2)nc1)N1CCN(c2ccc(Cl)cc2)CC1. The summed E-state index contributed by atoms with van der Waals surface area (Å²) in [7, 11) is 0. The van der Waals surface area contributed by atoms with Crippen molar-refractivity contribution < 1.29 is 9.18 Å². The molecule has 2 saturated heterocycles. The van der Waals surface area contributed by atoms with Crippen LogP contribution in [0.1, 0.15) is 28.0 Å². The predicted octanol–water partition coefficient (Wildman–Crippen LogP) is 4.67. The Hall–Kier alpha value is -3.42. The highest BCUT2D eigenvalue weighted by molar-refractivity contribution is 6.30. The van der Waals surface area contributed by atoms with Gasteiger partial charge in [0.05, 0.1) is 0 Å². The van der Waals surface area contributed by atoms with E-state index in [1.54, 1.807) is 24.4 Å². The van der Waals surface area contributed by atoms with E-state index < -0.39 is 0 Å². The van der Waals surface area contributed by atoms with Gasteiger partial charge in [-0.2, -0.15) is 0 Å². The highest BCUT2D eigenvalue weighted by atomic mass is 35.5. The summed E-state index contributed by atoms with van der Waals surface area (Å²) >= 11 is 6.01. The molecule has 1 atom stereocenters. The molecule has 2 fully saturated rings. The van der Waals surface area contributed by atoms with E-state index in [0.717, 1.165) is 74.1 Å². The second kappa shape index (κ2) is 11.3. The van der Waals surface area contributed by atoms with Crippen LogP contribution in [0.25, 0.3) is 5.70 Å². The number of hydrogen-bond acceptors (Lipinski definition) is 5. The van der Waals surface area contributed by atoms with Crippen LogP contribution in [0.3, 0.4) is 0 Å². The first-order valence-electron chi connectivity index (χ1n) is 12.6. The molecule has 0 unspecified atom stereocenters. The largest absolute Gasteiger partial charge is 0.368 e. The van der Waals surface area contributed by atoms with E-state index in [1.165, 1.54) is 17.8 Å². The van der Waals surface area contributed by atoms with Crippen LogP contribution in [0.15, 0.2) is 73.4 Å². The molecule has 2 aliphatic heterocycles. The van der Waals surface area contributed by atoms with Crippen molar-refractivity contribution in [3.05, 3.63) is 101 Å². The fourth-order valence-electron chi connectivity index (χ4n) is 4.97. The number of piperazine rings is 1. The minimum Gasteiger partial charge on any atom is -0.368 e. The molecular formula is C29H31ClFN5O. The Bertz CT molecular complexity index is 1220. The lowest BCUT2D eigenvalue weighted by Crippen LogP contribution is -2.45. The van der Waals surface area contributed by atoms with Gasteiger partial charge in [-0.25, -0.2) is 4.39 Å². The number of carbonyl (C=O) groups excluding carboxylic acids is 1. The quantitative estimate of drug-likeness (QED) is 0.491. The zero-order valence-corrected chi connectivity index (χ0v) is 21.5. The summed E-state index contributed by atoms with van der Waals surface area (Å²) < 4.78 is 13.1. The number of aromatic nitrogens is 1. The number of amides is 1. The first-order valence-corrected chi connectivity index (χ1v) is 13.0. The summed E-state index contributed by atoms with van der Waals surface area (Å²) in [6.07, 6.45) is 2.61. The van der Waals surface area contributed by atoms with E-state index in [1.807, 2.05) is 18.2 Å². The van der Waals surface area contributed by atoms with E-state index >= 15 is 0 Å². The first-order chi connectivity index (χ1) is 17.9. The molecule has 1 N–H and O–H groups in total. The third kappa shape index (κ3) is 6.29. The van der Waals surface area contributed by atoms with Crippen molar-refractivity contribution in [2.75, 3.05) is 44.2 Å². The van der Waals surface area contributed by atoms with E-state index in [9.17, 15) is 9.18 Å². The highest BCUT2D eigenvalue weighted by Crippen LogP contribution is 2.23. The maximum atomic E-state index is 13.1. The topological polar surface area (TPSA) is 51.7 Å². The summed E-state index contributed by atoms with van der Waals surface area (Å²) in [6.45, 7) is 10.2. The Morgan fingerprint density at radius 1 is 1.00 bits per heavy atom. The molecule has 2 aliphatic rings. The Morgan fingerprint density at radius 3 is 2.41 bits per heavy atom. The van der Waals surface area contributed by atoms with E-state index in [0.29, 0.717) is 5.69 Å². The number of benzene rings is 2. The van der Waals surface area contributed by atoms with Crippen molar-refractivity contribution in [3.63, 3.8) is 0 Å². The zero-order chi connectivity index (χ0) is 25.8. The van der Waals surface area contributed by atoms with Gasteiger partial charge in [0, 0.05) is 80.0 Å². The molecule has 3 heterocycles. The van der Waals surface area contributed by atoms with Crippen molar-refractivity contribution in [3.8, 4) is 0 Å². The van der Waals surface area contributed by atoms with Crippen molar-refractivity contribution >= 4 is 28.9 Å². The Morgan fingerprint density at radius 2 is 1.73 bits per heavy atom. The number of pyridine rings is 1. The third-order valence-electron chi connectivity index (χ3n) is 7.11. The number of rotatable bonds is 7. The molecular weight excluding hydrogens is 489 g/mol. The first kappa shape index (κ1) is 25.2. The van der Waals surface area contributed by atoms with Crippen molar-refractivity contribution in [2.24, 2.45) is 0 Å². The van der Waals surface area contributed by atoms with Gasteiger partial charge in [-0.1, -0.05) is 30.3 Å². The maximum absolute atomic E-state index is 13.1. The van der Waals surface area contributed by atoms with Crippen LogP contribution in [-0.2, 0) is 6.54 Å². The summed E-state index contributed by atoms with van der Waals surface area (Å²) in [5.41, 5.74) is 4.48. The number of nitrogens with zero attached hydrogens (tertiary/aromatic N) is 4. The monoisotopic (exact) mass is 519 g/mol. The van der Waals surface area contributed by atoms with Gasteiger partial charge in [-0.15, -0.1) is 0 Å². The fraction of sp³-hybridized carbons (Fsp3) is 0.310. The van der Waals surface area contributed by atoms with Crippen molar-refractivity contribution in [1.29, 1.82) is 0 Å². The summed E-state index contributed by atoms with van der Waals surface area (Å²) in [5.74, 6) is -0.392. The van der Waals surface area contributed by atoms with Crippen LogP contribution in [0.2, 0.25) is 5.02 Å². The normalized spacial score (nSPS) is 18.2. The number of nitrogens with one attached hydrogen (secondary N) is 1. The number of likely N-dealkylation sites (tertiary alicyclic amines) is 1. The molecule has 1 amide bonds. The summed E-state index contributed by atoms with van der Waals surface area (Å²) in [5, 5.41) is 3.85.